The lowest BCUT2D eigenvalue weighted by atomic mass is 10.1. The smallest absolute Gasteiger partial charge is 0.231 e. The molecule has 0 fully saturated rings. The van der Waals surface area contributed by atoms with Gasteiger partial charge in [-0.3, -0.25) is 4.79 Å². The zero-order valence-corrected chi connectivity index (χ0v) is 10.3. The lowest BCUT2D eigenvalue weighted by Crippen LogP contribution is -2.09. The van der Waals surface area contributed by atoms with Crippen molar-refractivity contribution in [1.82, 2.24) is 9.97 Å². The van der Waals surface area contributed by atoms with Crippen LogP contribution in [0.1, 0.15) is 27.6 Å². The Kier molecular flexibility index (Phi) is 3.20. The number of ketones is 1. The summed E-state index contributed by atoms with van der Waals surface area (Å²) >= 11 is 5.97. The predicted octanol–water partition coefficient (Wildman–Crippen LogP) is 2.98. The summed E-state index contributed by atoms with van der Waals surface area (Å²) in [6, 6.07) is 8.72. The zero-order valence-electron chi connectivity index (χ0n) is 9.57. The number of halogens is 1. The first-order valence-corrected chi connectivity index (χ1v) is 5.57. The molecule has 1 aromatic carbocycles. The van der Waals surface area contributed by atoms with E-state index in [1.54, 1.807) is 24.3 Å². The van der Waals surface area contributed by atoms with Gasteiger partial charge in [0.2, 0.25) is 11.6 Å². The van der Waals surface area contributed by atoms with Crippen molar-refractivity contribution in [2.45, 2.75) is 13.8 Å². The van der Waals surface area contributed by atoms with Gasteiger partial charge in [-0.15, -0.1) is 0 Å². The van der Waals surface area contributed by atoms with Crippen molar-refractivity contribution < 1.29 is 4.79 Å². The Morgan fingerprint density at radius 3 is 2.29 bits per heavy atom. The molecule has 0 saturated heterocycles. The standard InChI is InChI=1S/C13H11ClN2O/c1-8-7-9(2)16-13(15-8)12(17)10-5-3-4-6-11(10)14/h3-7H,1-2H3. The number of aromatic nitrogens is 2. The highest BCUT2D eigenvalue weighted by molar-refractivity contribution is 6.34. The molecule has 2 aromatic rings. The van der Waals surface area contributed by atoms with Crippen LogP contribution >= 0.6 is 11.6 Å². The molecule has 2 rings (SSSR count). The summed E-state index contributed by atoms with van der Waals surface area (Å²) in [4.78, 5) is 20.4. The second-order valence-electron chi connectivity index (χ2n) is 3.78. The Morgan fingerprint density at radius 2 is 1.71 bits per heavy atom. The predicted molar refractivity (Wildman–Crippen MR) is 66.4 cm³/mol. The van der Waals surface area contributed by atoms with Crippen molar-refractivity contribution in [3.63, 3.8) is 0 Å². The summed E-state index contributed by atoms with van der Waals surface area (Å²) in [6.07, 6.45) is 0. The van der Waals surface area contributed by atoms with Gasteiger partial charge in [0.15, 0.2) is 0 Å². The van der Waals surface area contributed by atoms with Crippen LogP contribution in [0.5, 0.6) is 0 Å². The zero-order chi connectivity index (χ0) is 12.4. The van der Waals surface area contributed by atoms with Crippen molar-refractivity contribution in [2.24, 2.45) is 0 Å². The van der Waals surface area contributed by atoms with Crippen molar-refractivity contribution in [3.05, 3.63) is 58.1 Å². The minimum atomic E-state index is -0.248. The number of hydrogen-bond acceptors (Lipinski definition) is 3. The lowest BCUT2D eigenvalue weighted by molar-refractivity contribution is 0.102. The van der Waals surface area contributed by atoms with E-state index in [9.17, 15) is 4.79 Å². The third kappa shape index (κ3) is 2.50. The summed E-state index contributed by atoms with van der Waals surface area (Å²) in [7, 11) is 0. The van der Waals surface area contributed by atoms with Crippen LogP contribution < -0.4 is 0 Å². The maximum absolute atomic E-state index is 12.2. The van der Waals surface area contributed by atoms with Crippen LogP contribution in [0.15, 0.2) is 30.3 Å². The average Bonchev–Trinajstić information content (AvgIpc) is 2.27. The van der Waals surface area contributed by atoms with Gasteiger partial charge in [-0.25, -0.2) is 9.97 Å². The number of aryl methyl sites for hydroxylation is 2. The molecule has 17 heavy (non-hydrogen) atoms. The highest BCUT2D eigenvalue weighted by Gasteiger charge is 2.15. The van der Waals surface area contributed by atoms with E-state index in [0.29, 0.717) is 10.6 Å². The SMILES string of the molecule is Cc1cc(C)nc(C(=O)c2ccccc2Cl)n1. The van der Waals surface area contributed by atoms with Crippen molar-refractivity contribution in [2.75, 3.05) is 0 Å². The van der Waals surface area contributed by atoms with Crippen molar-refractivity contribution in [1.29, 1.82) is 0 Å². The highest BCUT2D eigenvalue weighted by atomic mass is 35.5. The van der Waals surface area contributed by atoms with E-state index in [2.05, 4.69) is 9.97 Å². The highest BCUT2D eigenvalue weighted by Crippen LogP contribution is 2.17. The Balaban J connectivity index is 2.48. The van der Waals surface area contributed by atoms with E-state index >= 15 is 0 Å². The first-order chi connectivity index (χ1) is 8.08. The second-order valence-corrected chi connectivity index (χ2v) is 4.19. The van der Waals surface area contributed by atoms with Gasteiger partial charge < -0.3 is 0 Å². The molecule has 1 heterocycles. The summed E-state index contributed by atoms with van der Waals surface area (Å²) < 4.78 is 0. The number of carbonyl (C=O) groups excluding carboxylic acids is 1. The van der Waals surface area contributed by atoms with E-state index in [1.807, 2.05) is 19.9 Å². The minimum Gasteiger partial charge on any atom is -0.285 e. The van der Waals surface area contributed by atoms with Crippen LogP contribution in [0.4, 0.5) is 0 Å². The summed E-state index contributed by atoms with van der Waals surface area (Å²) in [5.74, 6) is -0.0574. The number of nitrogens with zero attached hydrogens (tertiary/aromatic N) is 2. The molecule has 1 aromatic heterocycles. The van der Waals surface area contributed by atoms with Crippen LogP contribution in [0.2, 0.25) is 5.02 Å². The number of benzene rings is 1. The molecule has 0 saturated carbocycles. The van der Waals surface area contributed by atoms with Crippen LogP contribution in [0.3, 0.4) is 0 Å². The molecule has 0 aliphatic heterocycles. The van der Waals surface area contributed by atoms with Gasteiger partial charge in [0.05, 0.1) is 5.02 Å². The summed E-state index contributed by atoms with van der Waals surface area (Å²) in [5.41, 5.74) is 1.97. The quantitative estimate of drug-likeness (QED) is 0.765. The van der Waals surface area contributed by atoms with Crippen molar-refractivity contribution >= 4 is 17.4 Å². The van der Waals surface area contributed by atoms with E-state index in [-0.39, 0.29) is 11.6 Å². The molecule has 0 aliphatic carbocycles. The van der Waals surface area contributed by atoms with Crippen LogP contribution in [-0.4, -0.2) is 15.8 Å². The molecule has 0 spiro atoms. The fourth-order valence-electron chi connectivity index (χ4n) is 1.59. The lowest BCUT2D eigenvalue weighted by Gasteiger charge is -2.04. The Morgan fingerprint density at radius 1 is 1.12 bits per heavy atom. The van der Waals surface area contributed by atoms with Gasteiger partial charge in [0.25, 0.3) is 0 Å². The number of rotatable bonds is 2. The molecule has 4 heteroatoms. The largest absolute Gasteiger partial charge is 0.285 e. The van der Waals surface area contributed by atoms with Gasteiger partial charge in [-0.1, -0.05) is 23.7 Å². The van der Waals surface area contributed by atoms with E-state index in [1.165, 1.54) is 0 Å². The molecule has 3 nitrogen and oxygen atoms in total. The van der Waals surface area contributed by atoms with Gasteiger partial charge in [0, 0.05) is 17.0 Å². The van der Waals surface area contributed by atoms with Crippen LogP contribution in [0, 0.1) is 13.8 Å². The molecular weight excluding hydrogens is 236 g/mol. The average molecular weight is 247 g/mol. The minimum absolute atomic E-state index is 0.190. The van der Waals surface area contributed by atoms with Crippen molar-refractivity contribution in [3.8, 4) is 0 Å². The molecule has 0 aliphatic rings. The first kappa shape index (κ1) is 11.7. The summed E-state index contributed by atoms with van der Waals surface area (Å²) in [6.45, 7) is 3.66. The third-order valence-corrected chi connectivity index (χ3v) is 2.63. The maximum Gasteiger partial charge on any atom is 0.231 e. The van der Waals surface area contributed by atoms with E-state index in [0.717, 1.165) is 11.4 Å². The normalized spacial score (nSPS) is 10.3. The molecule has 0 unspecified atom stereocenters. The first-order valence-electron chi connectivity index (χ1n) is 5.19. The molecule has 86 valence electrons. The Bertz CT molecular complexity index is 561. The molecule has 0 amide bonds. The maximum atomic E-state index is 12.2. The molecule has 0 radical (unpaired) electrons. The topological polar surface area (TPSA) is 42.9 Å². The number of hydrogen-bond donors (Lipinski definition) is 0. The fourth-order valence-corrected chi connectivity index (χ4v) is 1.81. The molecular formula is C13H11ClN2O. The Hall–Kier alpha value is -1.74. The second kappa shape index (κ2) is 4.63. The molecule has 0 bridgehead atoms. The van der Waals surface area contributed by atoms with Gasteiger partial charge >= 0.3 is 0 Å². The Labute approximate surface area is 104 Å². The molecule has 0 atom stereocenters. The number of carbonyl (C=O) groups is 1. The van der Waals surface area contributed by atoms with Gasteiger partial charge in [0.1, 0.15) is 0 Å². The molecule has 0 N–H and O–H groups in total. The third-order valence-electron chi connectivity index (χ3n) is 2.30. The van der Waals surface area contributed by atoms with Gasteiger partial charge in [-0.2, -0.15) is 0 Å². The summed E-state index contributed by atoms with van der Waals surface area (Å²) in [5, 5.41) is 0.417. The monoisotopic (exact) mass is 246 g/mol. The van der Waals surface area contributed by atoms with E-state index < -0.39 is 0 Å². The van der Waals surface area contributed by atoms with Crippen LogP contribution in [0.25, 0.3) is 0 Å². The van der Waals surface area contributed by atoms with E-state index in [4.69, 9.17) is 11.6 Å². The van der Waals surface area contributed by atoms with Crippen LogP contribution in [-0.2, 0) is 0 Å². The van der Waals surface area contributed by atoms with Gasteiger partial charge in [-0.05, 0) is 32.0 Å². The fraction of sp³-hybridized carbons (Fsp3) is 0.154.